The summed E-state index contributed by atoms with van der Waals surface area (Å²) in [4.78, 5) is 14.5. The number of amides is 1. The van der Waals surface area contributed by atoms with Gasteiger partial charge in [-0.3, -0.25) is 4.79 Å². The van der Waals surface area contributed by atoms with E-state index in [0.717, 1.165) is 31.2 Å². The van der Waals surface area contributed by atoms with Crippen molar-refractivity contribution in [1.29, 1.82) is 0 Å². The molecule has 3 N–H and O–H groups in total. The Morgan fingerprint density at radius 3 is 2.54 bits per heavy atom. The molecule has 24 heavy (non-hydrogen) atoms. The fourth-order valence-corrected chi connectivity index (χ4v) is 3.35. The highest BCUT2D eigenvalue weighted by Crippen LogP contribution is 2.20. The van der Waals surface area contributed by atoms with E-state index < -0.39 is 0 Å². The van der Waals surface area contributed by atoms with E-state index in [1.165, 1.54) is 25.8 Å². The van der Waals surface area contributed by atoms with Crippen LogP contribution in [0.25, 0.3) is 0 Å². The summed E-state index contributed by atoms with van der Waals surface area (Å²) in [5.41, 5.74) is 6.02. The van der Waals surface area contributed by atoms with Crippen molar-refractivity contribution in [2.24, 2.45) is 17.6 Å². The van der Waals surface area contributed by atoms with Crippen LogP contribution in [-0.2, 0) is 6.54 Å². The normalized spacial score (nSPS) is 20.8. The zero-order valence-corrected chi connectivity index (χ0v) is 16.3. The smallest absolute Gasteiger partial charge is 0.254 e. The maximum Gasteiger partial charge on any atom is 0.254 e. The summed E-state index contributed by atoms with van der Waals surface area (Å²) in [7, 11) is 0. The van der Waals surface area contributed by atoms with Crippen LogP contribution in [0.2, 0.25) is 0 Å². The molecule has 7 heteroatoms. The Kier molecular flexibility index (Phi) is 11.4. The molecular formula is C17H31Cl2N3O2. The summed E-state index contributed by atoms with van der Waals surface area (Å²) >= 11 is 0. The lowest BCUT2D eigenvalue weighted by Gasteiger charge is -2.34. The third-order valence-electron chi connectivity index (χ3n) is 4.25. The van der Waals surface area contributed by atoms with E-state index in [4.69, 9.17) is 10.2 Å². The largest absolute Gasteiger partial charge is 0.467 e. The van der Waals surface area contributed by atoms with Crippen LogP contribution < -0.4 is 11.1 Å². The molecule has 1 amide bonds. The third kappa shape index (κ3) is 7.43. The van der Waals surface area contributed by atoms with Gasteiger partial charge in [-0.25, -0.2) is 0 Å². The van der Waals surface area contributed by atoms with Crippen molar-refractivity contribution < 1.29 is 9.21 Å². The lowest BCUT2D eigenvalue weighted by atomic mass is 9.92. The van der Waals surface area contributed by atoms with E-state index in [2.05, 4.69) is 24.1 Å². The number of halogens is 2. The van der Waals surface area contributed by atoms with Gasteiger partial charge in [-0.2, -0.15) is 0 Å². The number of furan rings is 1. The van der Waals surface area contributed by atoms with Crippen molar-refractivity contribution in [3.05, 3.63) is 23.7 Å². The van der Waals surface area contributed by atoms with Gasteiger partial charge in [-0.1, -0.05) is 13.8 Å². The zero-order chi connectivity index (χ0) is 15.9. The second kappa shape index (κ2) is 11.7. The van der Waals surface area contributed by atoms with Gasteiger partial charge in [0.25, 0.3) is 5.91 Å². The highest BCUT2D eigenvalue weighted by Gasteiger charge is 2.20. The van der Waals surface area contributed by atoms with Crippen LogP contribution in [0.1, 0.15) is 49.2 Å². The second-order valence-corrected chi connectivity index (χ2v) is 6.67. The third-order valence-corrected chi connectivity index (χ3v) is 4.25. The fraction of sp³-hybridized carbons (Fsp3) is 0.706. The maximum absolute atomic E-state index is 11.9. The zero-order valence-electron chi connectivity index (χ0n) is 14.6. The minimum atomic E-state index is -0.0799. The molecule has 1 aromatic heterocycles. The molecule has 0 aliphatic carbocycles. The molecule has 0 saturated carbocycles. The number of nitrogens with one attached hydrogen (secondary N) is 1. The van der Waals surface area contributed by atoms with E-state index in [1.807, 2.05) is 0 Å². The Hall–Kier alpha value is -0.750. The van der Waals surface area contributed by atoms with Crippen molar-refractivity contribution in [3.8, 4) is 0 Å². The Labute approximate surface area is 157 Å². The average molecular weight is 380 g/mol. The van der Waals surface area contributed by atoms with Gasteiger partial charge in [-0.15, -0.1) is 24.8 Å². The predicted molar refractivity (Wildman–Crippen MR) is 102 cm³/mol. The number of unbranched alkanes of at least 4 members (excludes halogenated alkanes) is 1. The van der Waals surface area contributed by atoms with E-state index >= 15 is 0 Å². The molecule has 2 heterocycles. The van der Waals surface area contributed by atoms with Gasteiger partial charge in [0.15, 0.2) is 0 Å². The van der Waals surface area contributed by atoms with Crippen LogP contribution in [0.4, 0.5) is 0 Å². The SMILES string of the molecule is CC1CC(C)CN(CCCCNC(=O)c2coc(CN)c2)C1.Cl.Cl. The molecule has 1 aromatic rings. The van der Waals surface area contributed by atoms with Crippen LogP contribution in [0.5, 0.6) is 0 Å². The topological polar surface area (TPSA) is 71.5 Å². The molecule has 1 aliphatic rings. The van der Waals surface area contributed by atoms with Crippen molar-refractivity contribution >= 4 is 30.7 Å². The van der Waals surface area contributed by atoms with Crippen LogP contribution >= 0.6 is 24.8 Å². The molecule has 0 aromatic carbocycles. The number of hydrogen-bond acceptors (Lipinski definition) is 4. The Bertz CT molecular complexity index is 472. The Morgan fingerprint density at radius 1 is 1.29 bits per heavy atom. The minimum Gasteiger partial charge on any atom is -0.467 e. The lowest BCUT2D eigenvalue weighted by Crippen LogP contribution is -2.39. The van der Waals surface area contributed by atoms with E-state index in [1.54, 1.807) is 6.07 Å². The first kappa shape index (κ1) is 23.2. The summed E-state index contributed by atoms with van der Waals surface area (Å²) in [6.45, 7) is 9.27. The minimum absolute atomic E-state index is 0. The molecule has 2 rings (SSSR count). The standard InChI is InChI=1S/C17H29N3O2.2ClH/c1-13-7-14(2)11-20(10-13)6-4-3-5-19-17(21)15-8-16(9-18)22-12-15;;/h8,12-14H,3-7,9-11,18H2,1-2H3,(H,19,21);2*1H. The number of nitrogens with two attached hydrogens (primary N) is 1. The van der Waals surface area contributed by atoms with Crippen LogP contribution in [0, 0.1) is 11.8 Å². The number of piperidine rings is 1. The van der Waals surface area contributed by atoms with Crippen molar-refractivity contribution in [1.82, 2.24) is 10.2 Å². The highest BCUT2D eigenvalue weighted by atomic mass is 35.5. The number of nitrogens with zero attached hydrogens (tertiary/aromatic N) is 1. The van der Waals surface area contributed by atoms with Gasteiger partial charge in [-0.05, 0) is 43.7 Å². The van der Waals surface area contributed by atoms with Crippen molar-refractivity contribution in [2.45, 2.75) is 39.7 Å². The molecule has 140 valence electrons. The molecule has 2 unspecified atom stereocenters. The maximum atomic E-state index is 11.9. The molecule has 1 aliphatic heterocycles. The van der Waals surface area contributed by atoms with Crippen molar-refractivity contribution in [3.63, 3.8) is 0 Å². The summed E-state index contributed by atoms with van der Waals surface area (Å²) in [6.07, 6.45) is 4.95. The summed E-state index contributed by atoms with van der Waals surface area (Å²) in [6, 6.07) is 1.70. The molecule has 0 spiro atoms. The molecule has 1 fully saturated rings. The van der Waals surface area contributed by atoms with Crippen LogP contribution in [0.15, 0.2) is 16.7 Å². The van der Waals surface area contributed by atoms with Gasteiger partial charge >= 0.3 is 0 Å². The van der Waals surface area contributed by atoms with E-state index in [-0.39, 0.29) is 30.7 Å². The summed E-state index contributed by atoms with van der Waals surface area (Å²) < 4.78 is 5.17. The molecule has 0 radical (unpaired) electrons. The predicted octanol–water partition coefficient (Wildman–Crippen LogP) is 3.07. The molecular weight excluding hydrogens is 349 g/mol. The highest BCUT2D eigenvalue weighted by molar-refractivity contribution is 5.93. The molecule has 1 saturated heterocycles. The van der Waals surface area contributed by atoms with Crippen molar-refractivity contribution in [2.75, 3.05) is 26.2 Å². The quantitative estimate of drug-likeness (QED) is 0.714. The number of rotatable bonds is 7. The summed E-state index contributed by atoms with van der Waals surface area (Å²) in [5.74, 6) is 2.17. The first-order chi connectivity index (χ1) is 10.6. The molecule has 5 nitrogen and oxygen atoms in total. The van der Waals surface area contributed by atoms with Crippen LogP contribution in [0.3, 0.4) is 0 Å². The number of likely N-dealkylation sites (tertiary alicyclic amines) is 1. The first-order valence-corrected chi connectivity index (χ1v) is 8.36. The van der Waals surface area contributed by atoms with Gasteiger partial charge < -0.3 is 20.4 Å². The van der Waals surface area contributed by atoms with Gasteiger partial charge in [0.05, 0.1) is 12.1 Å². The van der Waals surface area contributed by atoms with Gasteiger partial charge in [0.1, 0.15) is 12.0 Å². The van der Waals surface area contributed by atoms with E-state index in [9.17, 15) is 4.79 Å². The monoisotopic (exact) mass is 379 g/mol. The van der Waals surface area contributed by atoms with Crippen LogP contribution in [-0.4, -0.2) is 37.0 Å². The number of hydrogen-bond donors (Lipinski definition) is 2. The number of carbonyl (C=O) groups is 1. The molecule has 2 atom stereocenters. The van der Waals surface area contributed by atoms with E-state index in [0.29, 0.717) is 24.4 Å². The van der Waals surface area contributed by atoms with Gasteiger partial charge in [0, 0.05) is 19.6 Å². The Balaban J connectivity index is 0.00000264. The van der Waals surface area contributed by atoms with Gasteiger partial charge in [0.2, 0.25) is 0 Å². The Morgan fingerprint density at radius 2 is 1.96 bits per heavy atom. The average Bonchev–Trinajstić information content (AvgIpc) is 2.94. The number of carbonyl (C=O) groups excluding carboxylic acids is 1. The molecule has 0 bridgehead atoms. The second-order valence-electron chi connectivity index (χ2n) is 6.67. The first-order valence-electron chi connectivity index (χ1n) is 8.36. The summed E-state index contributed by atoms with van der Waals surface area (Å²) in [5, 5.41) is 2.93. The lowest BCUT2D eigenvalue weighted by molar-refractivity contribution is 0.0951. The fourth-order valence-electron chi connectivity index (χ4n) is 3.35.